The molecule has 1 aliphatic carbocycles. The van der Waals surface area contributed by atoms with Gasteiger partial charge in [0.15, 0.2) is 0 Å². The molecule has 0 radical (unpaired) electrons. The molecule has 3 rings (SSSR count). The van der Waals surface area contributed by atoms with Gasteiger partial charge in [0, 0.05) is 11.3 Å². The van der Waals surface area contributed by atoms with Crippen LogP contribution in [0.1, 0.15) is 40.1 Å². The number of thiazole rings is 1. The van der Waals surface area contributed by atoms with Crippen LogP contribution in [0.5, 0.6) is 0 Å². The van der Waals surface area contributed by atoms with Crippen molar-refractivity contribution in [3.63, 3.8) is 0 Å². The Morgan fingerprint density at radius 1 is 1.29 bits per heavy atom. The molecule has 0 bridgehead atoms. The molecule has 1 unspecified atom stereocenters. The Hall–Kier alpha value is -1.19. The minimum Gasteiger partial charge on any atom is -0.387 e. The van der Waals surface area contributed by atoms with Crippen LogP contribution in [0.15, 0.2) is 30.3 Å². The van der Waals surface area contributed by atoms with Crippen LogP contribution in [0, 0.1) is 0 Å². The zero-order chi connectivity index (χ0) is 11.7. The predicted octanol–water partition coefficient (Wildman–Crippen LogP) is 3.10. The summed E-state index contributed by atoms with van der Waals surface area (Å²) in [6, 6.07) is 10.4. The van der Waals surface area contributed by atoms with Crippen molar-refractivity contribution < 1.29 is 5.11 Å². The minimum atomic E-state index is -0.334. The standard InChI is InChI=1S/C14H15NOS/c16-11-7-4-8-12-14(11)15-13(17-12)9-10-5-2-1-3-6-10/h1-3,5-6,11,16H,4,7-9H2. The molecule has 0 spiro atoms. The van der Waals surface area contributed by atoms with Gasteiger partial charge in [-0.3, -0.25) is 0 Å². The Morgan fingerprint density at radius 2 is 2.12 bits per heavy atom. The summed E-state index contributed by atoms with van der Waals surface area (Å²) in [5, 5.41) is 11.0. The fourth-order valence-electron chi connectivity index (χ4n) is 2.29. The monoisotopic (exact) mass is 245 g/mol. The Balaban J connectivity index is 1.85. The molecule has 0 saturated heterocycles. The average Bonchev–Trinajstić information content (AvgIpc) is 2.74. The lowest BCUT2D eigenvalue weighted by Crippen LogP contribution is -2.07. The van der Waals surface area contributed by atoms with E-state index >= 15 is 0 Å². The van der Waals surface area contributed by atoms with Crippen molar-refractivity contribution in [1.82, 2.24) is 4.98 Å². The molecule has 1 N–H and O–H groups in total. The molecule has 0 fully saturated rings. The first-order chi connectivity index (χ1) is 8.33. The highest BCUT2D eigenvalue weighted by atomic mass is 32.1. The van der Waals surface area contributed by atoms with E-state index in [1.54, 1.807) is 11.3 Å². The smallest absolute Gasteiger partial charge is 0.0976 e. The van der Waals surface area contributed by atoms with E-state index in [9.17, 15) is 5.11 Å². The van der Waals surface area contributed by atoms with Gasteiger partial charge in [-0.15, -0.1) is 11.3 Å². The Kier molecular flexibility index (Phi) is 2.95. The van der Waals surface area contributed by atoms with E-state index in [2.05, 4.69) is 29.2 Å². The maximum atomic E-state index is 9.88. The Morgan fingerprint density at radius 3 is 2.88 bits per heavy atom. The fraction of sp³-hybridized carbons (Fsp3) is 0.357. The average molecular weight is 245 g/mol. The van der Waals surface area contributed by atoms with Gasteiger partial charge >= 0.3 is 0 Å². The summed E-state index contributed by atoms with van der Waals surface area (Å²) in [6.07, 6.45) is 3.58. The molecule has 0 aliphatic heterocycles. The highest BCUT2D eigenvalue weighted by Crippen LogP contribution is 2.33. The van der Waals surface area contributed by atoms with Gasteiger partial charge in [0.1, 0.15) is 0 Å². The summed E-state index contributed by atoms with van der Waals surface area (Å²) in [7, 11) is 0. The fourth-order valence-corrected chi connectivity index (χ4v) is 3.49. The maximum absolute atomic E-state index is 9.88. The number of aliphatic hydroxyl groups is 1. The maximum Gasteiger partial charge on any atom is 0.0976 e. The molecule has 0 amide bonds. The lowest BCUT2D eigenvalue weighted by molar-refractivity contribution is 0.153. The second-order valence-corrected chi connectivity index (χ2v) is 5.65. The number of rotatable bonds is 2. The first kappa shape index (κ1) is 10.9. The molecule has 0 saturated carbocycles. The summed E-state index contributed by atoms with van der Waals surface area (Å²) in [5.74, 6) is 0. The van der Waals surface area contributed by atoms with Gasteiger partial charge in [0.25, 0.3) is 0 Å². The highest BCUT2D eigenvalue weighted by Gasteiger charge is 2.22. The van der Waals surface area contributed by atoms with Crippen LogP contribution in [0.3, 0.4) is 0 Å². The Labute approximate surface area is 105 Å². The van der Waals surface area contributed by atoms with Gasteiger partial charge < -0.3 is 5.11 Å². The lowest BCUT2D eigenvalue weighted by atomic mass is 10.0. The third-order valence-corrected chi connectivity index (χ3v) is 4.30. The van der Waals surface area contributed by atoms with E-state index in [-0.39, 0.29) is 6.10 Å². The van der Waals surface area contributed by atoms with Crippen molar-refractivity contribution >= 4 is 11.3 Å². The number of hydrogen-bond donors (Lipinski definition) is 1. The highest BCUT2D eigenvalue weighted by molar-refractivity contribution is 7.11. The summed E-state index contributed by atoms with van der Waals surface area (Å²) in [6.45, 7) is 0. The molecule has 1 aliphatic rings. The van der Waals surface area contributed by atoms with E-state index in [0.717, 1.165) is 36.4 Å². The van der Waals surface area contributed by atoms with Crippen LogP contribution >= 0.6 is 11.3 Å². The van der Waals surface area contributed by atoms with E-state index in [0.29, 0.717) is 0 Å². The molecule has 1 atom stereocenters. The van der Waals surface area contributed by atoms with E-state index in [1.807, 2.05) is 6.07 Å². The zero-order valence-electron chi connectivity index (χ0n) is 9.60. The molecule has 1 aromatic heterocycles. The molecule has 3 heteroatoms. The third kappa shape index (κ3) is 2.26. The topological polar surface area (TPSA) is 33.1 Å². The lowest BCUT2D eigenvalue weighted by Gasteiger charge is -2.14. The van der Waals surface area contributed by atoms with Gasteiger partial charge in [0.05, 0.1) is 16.8 Å². The summed E-state index contributed by atoms with van der Waals surface area (Å²) in [5.41, 5.74) is 2.22. The van der Waals surface area contributed by atoms with E-state index in [4.69, 9.17) is 0 Å². The third-order valence-electron chi connectivity index (χ3n) is 3.17. The van der Waals surface area contributed by atoms with Crippen molar-refractivity contribution in [3.05, 3.63) is 51.5 Å². The van der Waals surface area contributed by atoms with Gasteiger partial charge in [-0.1, -0.05) is 30.3 Å². The predicted molar refractivity (Wildman–Crippen MR) is 69.3 cm³/mol. The van der Waals surface area contributed by atoms with E-state index in [1.165, 1.54) is 10.4 Å². The van der Waals surface area contributed by atoms with Crippen LogP contribution in [-0.2, 0) is 12.8 Å². The van der Waals surface area contributed by atoms with Crippen molar-refractivity contribution in [3.8, 4) is 0 Å². The van der Waals surface area contributed by atoms with Crippen LogP contribution in [0.25, 0.3) is 0 Å². The normalized spacial score (nSPS) is 19.0. The largest absolute Gasteiger partial charge is 0.387 e. The molecule has 2 aromatic rings. The summed E-state index contributed by atoms with van der Waals surface area (Å²) in [4.78, 5) is 5.88. The first-order valence-corrected chi connectivity index (χ1v) is 6.85. The second-order valence-electron chi connectivity index (χ2n) is 4.49. The van der Waals surface area contributed by atoms with Crippen LogP contribution in [-0.4, -0.2) is 10.1 Å². The molecule has 1 heterocycles. The number of hydrogen-bond acceptors (Lipinski definition) is 3. The van der Waals surface area contributed by atoms with Crippen molar-refractivity contribution in [2.24, 2.45) is 0 Å². The Bertz CT molecular complexity index is 506. The zero-order valence-corrected chi connectivity index (χ0v) is 10.4. The SMILES string of the molecule is OC1CCCc2sc(Cc3ccccc3)nc21. The second kappa shape index (κ2) is 4.59. The van der Waals surface area contributed by atoms with Crippen molar-refractivity contribution in [2.45, 2.75) is 31.8 Å². The molecular weight excluding hydrogens is 230 g/mol. The van der Waals surface area contributed by atoms with Crippen LogP contribution in [0.2, 0.25) is 0 Å². The van der Waals surface area contributed by atoms with Crippen molar-refractivity contribution in [2.75, 3.05) is 0 Å². The summed E-state index contributed by atoms with van der Waals surface area (Å²) >= 11 is 1.76. The van der Waals surface area contributed by atoms with Crippen molar-refractivity contribution in [1.29, 1.82) is 0 Å². The van der Waals surface area contributed by atoms with Gasteiger partial charge in [-0.05, 0) is 24.8 Å². The number of nitrogens with zero attached hydrogens (tertiary/aromatic N) is 1. The molecule has 2 nitrogen and oxygen atoms in total. The summed E-state index contributed by atoms with van der Waals surface area (Å²) < 4.78 is 0. The first-order valence-electron chi connectivity index (χ1n) is 6.03. The van der Waals surface area contributed by atoms with Gasteiger partial charge in [-0.25, -0.2) is 4.98 Å². The number of benzene rings is 1. The van der Waals surface area contributed by atoms with Crippen LogP contribution in [0.4, 0.5) is 0 Å². The van der Waals surface area contributed by atoms with Crippen LogP contribution < -0.4 is 0 Å². The molecule has 1 aromatic carbocycles. The van der Waals surface area contributed by atoms with Gasteiger partial charge in [0.2, 0.25) is 0 Å². The van der Waals surface area contributed by atoms with Gasteiger partial charge in [-0.2, -0.15) is 0 Å². The minimum absolute atomic E-state index is 0.334. The number of aromatic nitrogens is 1. The molecule has 88 valence electrons. The molecule has 17 heavy (non-hydrogen) atoms. The number of aryl methyl sites for hydroxylation is 1. The quantitative estimate of drug-likeness (QED) is 0.882. The molecular formula is C14H15NOS. The number of fused-ring (bicyclic) bond motifs is 1. The number of aliphatic hydroxyl groups excluding tert-OH is 1. The van der Waals surface area contributed by atoms with E-state index < -0.39 is 0 Å².